The number of ether oxygens (including phenoxy) is 2. The summed E-state index contributed by atoms with van der Waals surface area (Å²) < 4.78 is 11.3. The Hall–Kier alpha value is -2.63. The lowest BCUT2D eigenvalue weighted by Gasteiger charge is -2.40. The van der Waals surface area contributed by atoms with Crippen LogP contribution >= 0.6 is 0 Å². The van der Waals surface area contributed by atoms with Gasteiger partial charge in [-0.1, -0.05) is 292 Å². The van der Waals surface area contributed by atoms with E-state index in [4.69, 9.17) is 9.47 Å². The smallest absolute Gasteiger partial charge is 0.220 e. The van der Waals surface area contributed by atoms with Gasteiger partial charge in [-0.15, -0.1) is 0 Å². The molecule has 78 heavy (non-hydrogen) atoms. The molecule has 0 radical (unpaired) electrons. The number of aliphatic hydroxyl groups is 5. The van der Waals surface area contributed by atoms with E-state index in [-0.39, 0.29) is 12.5 Å². The van der Waals surface area contributed by atoms with Crippen LogP contribution in [0.1, 0.15) is 290 Å². The zero-order chi connectivity index (χ0) is 56.5. The van der Waals surface area contributed by atoms with Gasteiger partial charge in [-0.05, 0) is 77.0 Å². The van der Waals surface area contributed by atoms with E-state index in [1.54, 1.807) is 6.08 Å². The van der Waals surface area contributed by atoms with Crippen molar-refractivity contribution in [3.05, 3.63) is 85.1 Å². The van der Waals surface area contributed by atoms with Gasteiger partial charge in [-0.2, -0.15) is 0 Å². The van der Waals surface area contributed by atoms with Crippen LogP contribution in [0.3, 0.4) is 0 Å². The monoisotopic (exact) mass is 1090 g/mol. The highest BCUT2D eigenvalue weighted by Gasteiger charge is 2.44. The van der Waals surface area contributed by atoms with Crippen LogP contribution in [0.4, 0.5) is 0 Å². The molecule has 9 heteroatoms. The van der Waals surface area contributed by atoms with Gasteiger partial charge in [0.25, 0.3) is 0 Å². The van der Waals surface area contributed by atoms with E-state index in [9.17, 15) is 30.3 Å². The number of amides is 1. The topological polar surface area (TPSA) is 149 Å². The highest BCUT2D eigenvalue weighted by atomic mass is 16.7. The first-order chi connectivity index (χ1) is 38.3. The van der Waals surface area contributed by atoms with Crippen molar-refractivity contribution in [2.75, 3.05) is 13.2 Å². The van der Waals surface area contributed by atoms with Gasteiger partial charge in [0.1, 0.15) is 24.4 Å². The lowest BCUT2D eigenvalue weighted by molar-refractivity contribution is -0.302. The molecule has 9 nitrogen and oxygen atoms in total. The van der Waals surface area contributed by atoms with Crippen molar-refractivity contribution in [3.63, 3.8) is 0 Å². The number of carbonyl (C=O) groups is 1. The summed E-state index contributed by atoms with van der Waals surface area (Å²) in [4.78, 5) is 13.1. The Bertz CT molecular complexity index is 1500. The maximum atomic E-state index is 13.1. The van der Waals surface area contributed by atoms with Gasteiger partial charge in [-0.25, -0.2) is 0 Å². The van der Waals surface area contributed by atoms with Crippen molar-refractivity contribution >= 4 is 5.91 Å². The van der Waals surface area contributed by atoms with Crippen LogP contribution in [0.2, 0.25) is 0 Å². The van der Waals surface area contributed by atoms with Crippen LogP contribution in [0, 0.1) is 0 Å². The SMILES string of the molecule is CC/C=C\C/C=C\C/C=C\C/C=C\C/C=C\CCCCCCCCCCCC(=O)NC(COC1OC(CO)C(O)C(O)C1O)C(O)/C=C/CC/C=C/CCCCCCCCCCCCCCCCCCCCCCCCCC. The van der Waals surface area contributed by atoms with Gasteiger partial charge in [-0.3, -0.25) is 4.79 Å². The predicted octanol–water partition coefficient (Wildman–Crippen LogP) is 17.4. The Morgan fingerprint density at radius 1 is 0.449 bits per heavy atom. The molecular formula is C69H123NO8. The Balaban J connectivity index is 2.20. The summed E-state index contributed by atoms with van der Waals surface area (Å²) in [6, 6.07) is -0.832. The first-order valence-electron chi connectivity index (χ1n) is 32.8. The average Bonchev–Trinajstić information content (AvgIpc) is 3.45. The summed E-state index contributed by atoms with van der Waals surface area (Å²) in [5.41, 5.74) is 0. The average molecular weight is 1090 g/mol. The van der Waals surface area contributed by atoms with E-state index in [1.165, 1.54) is 186 Å². The molecule has 0 saturated carbocycles. The number of unbranched alkanes of at least 4 members (excludes halogenated alkanes) is 34. The first kappa shape index (κ1) is 73.4. The minimum absolute atomic E-state index is 0.193. The molecule has 0 bridgehead atoms. The Morgan fingerprint density at radius 3 is 1.23 bits per heavy atom. The van der Waals surface area contributed by atoms with Gasteiger partial charge in [0.2, 0.25) is 5.91 Å². The highest BCUT2D eigenvalue weighted by molar-refractivity contribution is 5.76. The minimum atomic E-state index is -1.58. The number of carbonyl (C=O) groups excluding carboxylic acids is 1. The lowest BCUT2D eigenvalue weighted by atomic mass is 9.99. The van der Waals surface area contributed by atoms with E-state index in [0.717, 1.165) is 83.5 Å². The Morgan fingerprint density at radius 2 is 0.808 bits per heavy atom. The lowest BCUT2D eigenvalue weighted by Crippen LogP contribution is -2.60. The maximum Gasteiger partial charge on any atom is 0.220 e. The summed E-state index contributed by atoms with van der Waals surface area (Å²) in [6.45, 7) is 3.67. The van der Waals surface area contributed by atoms with Crippen molar-refractivity contribution in [1.29, 1.82) is 0 Å². The molecule has 0 aromatic heterocycles. The summed E-state index contributed by atoms with van der Waals surface area (Å²) in [5, 5.41) is 54.7. The van der Waals surface area contributed by atoms with E-state index >= 15 is 0 Å². The molecule has 7 unspecified atom stereocenters. The second-order valence-electron chi connectivity index (χ2n) is 22.5. The second kappa shape index (κ2) is 57.6. The van der Waals surface area contributed by atoms with Crippen molar-refractivity contribution in [1.82, 2.24) is 5.32 Å². The van der Waals surface area contributed by atoms with Crippen molar-refractivity contribution in [3.8, 4) is 0 Å². The molecule has 452 valence electrons. The third-order valence-electron chi connectivity index (χ3n) is 15.2. The number of rotatable bonds is 56. The fourth-order valence-corrected chi connectivity index (χ4v) is 10.1. The minimum Gasteiger partial charge on any atom is -0.394 e. The molecule has 1 aliphatic rings. The molecule has 1 fully saturated rings. The van der Waals surface area contributed by atoms with E-state index in [2.05, 4.69) is 92.1 Å². The summed E-state index contributed by atoms with van der Waals surface area (Å²) in [6.07, 6.45) is 75.3. The van der Waals surface area contributed by atoms with Gasteiger partial charge in [0.05, 0.1) is 25.4 Å². The zero-order valence-corrected chi connectivity index (χ0v) is 50.4. The van der Waals surface area contributed by atoms with Crippen LogP contribution in [-0.2, 0) is 14.3 Å². The Labute approximate surface area is 480 Å². The van der Waals surface area contributed by atoms with Crippen LogP contribution in [-0.4, -0.2) is 87.5 Å². The fourth-order valence-electron chi connectivity index (χ4n) is 10.1. The number of hydrogen-bond donors (Lipinski definition) is 6. The molecule has 0 spiro atoms. The zero-order valence-electron chi connectivity index (χ0n) is 50.4. The molecule has 0 aromatic rings. The van der Waals surface area contributed by atoms with Crippen LogP contribution < -0.4 is 5.32 Å². The second-order valence-corrected chi connectivity index (χ2v) is 22.5. The van der Waals surface area contributed by atoms with Gasteiger partial charge in [0, 0.05) is 6.42 Å². The van der Waals surface area contributed by atoms with Gasteiger partial charge in [0.15, 0.2) is 6.29 Å². The Kier molecular flexibility index (Phi) is 54.2. The van der Waals surface area contributed by atoms with Crippen molar-refractivity contribution in [2.45, 2.75) is 333 Å². The molecule has 1 heterocycles. The largest absolute Gasteiger partial charge is 0.394 e. The normalized spacial score (nSPS) is 19.2. The maximum absolute atomic E-state index is 13.1. The molecule has 0 aliphatic carbocycles. The molecule has 1 aliphatic heterocycles. The molecule has 1 amide bonds. The fraction of sp³-hybridized carbons (Fsp3) is 0.783. The van der Waals surface area contributed by atoms with Crippen LogP contribution in [0.5, 0.6) is 0 Å². The quantitative estimate of drug-likeness (QED) is 0.0261. The number of allylic oxidation sites excluding steroid dienone is 13. The molecule has 7 atom stereocenters. The predicted molar refractivity (Wildman–Crippen MR) is 332 cm³/mol. The van der Waals surface area contributed by atoms with E-state index < -0.39 is 49.5 Å². The molecule has 0 aromatic carbocycles. The van der Waals surface area contributed by atoms with Gasteiger partial charge >= 0.3 is 0 Å². The molecule has 1 rings (SSSR count). The summed E-state index contributed by atoms with van der Waals surface area (Å²) >= 11 is 0. The summed E-state index contributed by atoms with van der Waals surface area (Å²) in [5.74, 6) is -0.193. The third-order valence-corrected chi connectivity index (χ3v) is 15.2. The third kappa shape index (κ3) is 46.0. The number of hydrogen-bond acceptors (Lipinski definition) is 8. The van der Waals surface area contributed by atoms with Crippen molar-refractivity contribution in [2.24, 2.45) is 0 Å². The molecular weight excluding hydrogens is 971 g/mol. The number of nitrogens with one attached hydrogen (secondary N) is 1. The number of aliphatic hydroxyl groups excluding tert-OH is 5. The molecule has 1 saturated heterocycles. The van der Waals surface area contributed by atoms with Gasteiger partial charge < -0.3 is 40.3 Å². The van der Waals surface area contributed by atoms with E-state index in [1.807, 2.05) is 6.08 Å². The molecule has 6 N–H and O–H groups in total. The van der Waals surface area contributed by atoms with E-state index in [0.29, 0.717) is 6.42 Å². The highest BCUT2D eigenvalue weighted by Crippen LogP contribution is 2.23. The van der Waals surface area contributed by atoms with Crippen LogP contribution in [0.25, 0.3) is 0 Å². The van der Waals surface area contributed by atoms with Crippen molar-refractivity contribution < 1.29 is 39.8 Å². The van der Waals surface area contributed by atoms with Crippen LogP contribution in [0.15, 0.2) is 85.1 Å². The first-order valence-corrected chi connectivity index (χ1v) is 32.8. The summed E-state index contributed by atoms with van der Waals surface area (Å²) in [7, 11) is 0. The standard InChI is InChI=1S/C69H123NO8/c1-3-5-7-9-11-13-15-17-19-21-23-25-27-29-30-31-32-33-35-36-38-40-42-44-46-48-50-52-54-56-58-63(72)62(61-77-69-68(76)67(75)66(74)64(60-71)78-69)70-65(73)59-57-55-53-51-49-47-45-43-41-39-37-34-28-26-24-22-20-18-16-14-12-10-8-6-4-2/h6,8,12,14,18,20,24,26,34,37,48,50,56,58,62-64,66-69,71-72,74-76H,3-5,7,9-11,13,15-17,19,21-23,25,27-33,35-36,38-47,49,51-55,57,59-61H2,1-2H3,(H,70,73)/b8-6-,14-12-,20-18-,26-24-,37-34-,50-48+,58-56+.